The van der Waals surface area contributed by atoms with E-state index in [1.807, 2.05) is 0 Å². The van der Waals surface area contributed by atoms with E-state index in [-0.39, 0.29) is 41.2 Å². The van der Waals surface area contributed by atoms with Crippen LogP contribution in [0.3, 0.4) is 0 Å². The summed E-state index contributed by atoms with van der Waals surface area (Å²) in [6, 6.07) is 7.59. The molecule has 3 rings (SSSR count). The highest BCUT2D eigenvalue weighted by atomic mass is 19.1. The van der Waals surface area contributed by atoms with Gasteiger partial charge in [0, 0.05) is 29.7 Å². The van der Waals surface area contributed by atoms with E-state index in [9.17, 15) is 24.5 Å². The smallest absolute Gasteiger partial charge is 0.344 e. The number of fused-ring (bicyclic) bond motifs is 1. The highest BCUT2D eigenvalue weighted by Crippen LogP contribution is 2.35. The molecule has 0 atom stereocenters. The summed E-state index contributed by atoms with van der Waals surface area (Å²) >= 11 is 0. The minimum atomic E-state index is -0.757. The number of rotatable bonds is 3. The quantitative estimate of drug-likeness (QED) is 0.646. The van der Waals surface area contributed by atoms with E-state index >= 15 is 0 Å². The number of hydrogen-bond acceptors (Lipinski definition) is 5. The molecule has 3 aromatic rings. The van der Waals surface area contributed by atoms with Gasteiger partial charge in [-0.05, 0) is 36.2 Å². The van der Waals surface area contributed by atoms with Crippen molar-refractivity contribution in [2.75, 3.05) is 6.61 Å². The Morgan fingerprint density at radius 2 is 1.87 bits per heavy atom. The third-order valence-electron chi connectivity index (χ3n) is 3.59. The molecule has 118 valence electrons. The predicted octanol–water partition coefficient (Wildman–Crippen LogP) is 2.55. The van der Waals surface area contributed by atoms with E-state index in [1.165, 1.54) is 24.3 Å². The van der Waals surface area contributed by atoms with Crippen LogP contribution in [0.25, 0.3) is 22.1 Å². The third kappa shape index (κ3) is 2.64. The fourth-order valence-electron chi connectivity index (χ4n) is 2.61. The lowest BCUT2D eigenvalue weighted by molar-refractivity contribution is 0.300. The van der Waals surface area contributed by atoms with Gasteiger partial charge in [0.05, 0.1) is 5.56 Å². The highest BCUT2D eigenvalue weighted by molar-refractivity contribution is 5.88. The summed E-state index contributed by atoms with van der Waals surface area (Å²) < 4.78 is 18.5. The second-order valence-corrected chi connectivity index (χ2v) is 5.06. The number of hydrogen-bond donors (Lipinski definition) is 3. The molecule has 5 nitrogen and oxygen atoms in total. The lowest BCUT2D eigenvalue weighted by atomic mass is 9.95. The van der Waals surface area contributed by atoms with Gasteiger partial charge in [-0.25, -0.2) is 9.18 Å². The zero-order valence-electron chi connectivity index (χ0n) is 11.9. The van der Waals surface area contributed by atoms with Crippen molar-refractivity contribution in [1.82, 2.24) is 0 Å². The maximum atomic E-state index is 13.3. The molecule has 0 saturated carbocycles. The van der Waals surface area contributed by atoms with E-state index in [0.29, 0.717) is 10.9 Å². The Morgan fingerprint density at radius 1 is 1.09 bits per heavy atom. The van der Waals surface area contributed by atoms with Crippen molar-refractivity contribution in [2.24, 2.45) is 0 Å². The molecule has 0 saturated heterocycles. The molecule has 2 aromatic carbocycles. The molecule has 0 aliphatic carbocycles. The second kappa shape index (κ2) is 5.73. The van der Waals surface area contributed by atoms with Gasteiger partial charge in [-0.15, -0.1) is 0 Å². The molecule has 0 aliphatic heterocycles. The first-order valence-electron chi connectivity index (χ1n) is 6.89. The Hall–Kier alpha value is -2.86. The van der Waals surface area contributed by atoms with Crippen molar-refractivity contribution in [3.8, 4) is 22.6 Å². The molecule has 0 aliphatic rings. The number of phenols is 2. The maximum Gasteiger partial charge on any atom is 0.344 e. The van der Waals surface area contributed by atoms with Crippen LogP contribution in [0.1, 0.15) is 5.56 Å². The summed E-state index contributed by atoms with van der Waals surface area (Å²) in [5, 5.41) is 29.2. The van der Waals surface area contributed by atoms with Crippen LogP contribution in [-0.2, 0) is 6.42 Å². The van der Waals surface area contributed by atoms with E-state index in [4.69, 9.17) is 4.42 Å². The average Bonchev–Trinajstić information content (AvgIpc) is 2.48. The van der Waals surface area contributed by atoms with Crippen molar-refractivity contribution in [3.05, 3.63) is 58.2 Å². The Labute approximate surface area is 129 Å². The molecule has 0 spiro atoms. The van der Waals surface area contributed by atoms with Crippen LogP contribution in [0.15, 0.2) is 45.6 Å². The molecule has 23 heavy (non-hydrogen) atoms. The lowest BCUT2D eigenvalue weighted by Crippen LogP contribution is -2.09. The Balaban J connectivity index is 2.39. The minimum Gasteiger partial charge on any atom is -0.508 e. The van der Waals surface area contributed by atoms with Gasteiger partial charge >= 0.3 is 5.63 Å². The number of halogens is 1. The molecule has 6 heteroatoms. The van der Waals surface area contributed by atoms with E-state index in [2.05, 4.69) is 0 Å². The van der Waals surface area contributed by atoms with Crippen molar-refractivity contribution in [2.45, 2.75) is 6.42 Å². The van der Waals surface area contributed by atoms with Crippen LogP contribution in [-0.4, -0.2) is 21.9 Å². The number of aromatic hydroxyl groups is 2. The fraction of sp³-hybridized carbons (Fsp3) is 0.118. The van der Waals surface area contributed by atoms with Crippen LogP contribution >= 0.6 is 0 Å². The number of aliphatic hydroxyl groups excluding tert-OH is 1. The number of aliphatic hydroxyl groups is 1. The van der Waals surface area contributed by atoms with Gasteiger partial charge in [-0.1, -0.05) is 0 Å². The number of benzene rings is 2. The fourth-order valence-corrected chi connectivity index (χ4v) is 2.61. The van der Waals surface area contributed by atoms with E-state index in [1.54, 1.807) is 0 Å². The molecule has 1 aromatic heterocycles. The van der Waals surface area contributed by atoms with Crippen LogP contribution in [0.2, 0.25) is 0 Å². The standard InChI is InChI=1S/C17H13FO5/c18-9-1-3-11-12(5-6-19)16(17(22)23-15(11)7-9)13-4-2-10(20)8-14(13)21/h1-4,7-8,19-21H,5-6H2. The molecule has 0 radical (unpaired) electrons. The van der Waals surface area contributed by atoms with Gasteiger partial charge in [0.25, 0.3) is 0 Å². The zero-order valence-corrected chi connectivity index (χ0v) is 11.9. The van der Waals surface area contributed by atoms with Crippen LogP contribution < -0.4 is 5.63 Å². The summed E-state index contributed by atoms with van der Waals surface area (Å²) in [7, 11) is 0. The monoisotopic (exact) mass is 316 g/mol. The first-order chi connectivity index (χ1) is 11.0. The van der Waals surface area contributed by atoms with Crippen LogP contribution in [0.4, 0.5) is 4.39 Å². The largest absolute Gasteiger partial charge is 0.508 e. The van der Waals surface area contributed by atoms with Gasteiger partial charge in [0.1, 0.15) is 22.9 Å². The SMILES string of the molecule is O=c1oc2cc(F)ccc2c(CCO)c1-c1ccc(O)cc1O. The highest BCUT2D eigenvalue weighted by Gasteiger charge is 2.19. The maximum absolute atomic E-state index is 13.3. The molecule has 0 bridgehead atoms. The predicted molar refractivity (Wildman–Crippen MR) is 82.0 cm³/mol. The minimum absolute atomic E-state index is 0.0699. The Bertz CT molecular complexity index is 946. The summed E-state index contributed by atoms with van der Waals surface area (Å²) in [6.07, 6.45) is 0.128. The first kappa shape index (κ1) is 15.1. The average molecular weight is 316 g/mol. The van der Waals surface area contributed by atoms with Crippen molar-refractivity contribution in [3.63, 3.8) is 0 Å². The van der Waals surface area contributed by atoms with E-state index in [0.717, 1.165) is 12.1 Å². The van der Waals surface area contributed by atoms with Crippen molar-refractivity contribution >= 4 is 11.0 Å². The second-order valence-electron chi connectivity index (χ2n) is 5.06. The number of phenolic OH excluding ortho intramolecular Hbond substituents is 2. The molecule has 1 heterocycles. The van der Waals surface area contributed by atoms with Gasteiger partial charge in [-0.2, -0.15) is 0 Å². The summed E-state index contributed by atoms with van der Waals surface area (Å²) in [5.74, 6) is -0.990. The van der Waals surface area contributed by atoms with E-state index < -0.39 is 11.4 Å². The normalized spacial score (nSPS) is 11.0. The van der Waals surface area contributed by atoms with Gasteiger partial charge < -0.3 is 19.7 Å². The Kier molecular flexibility index (Phi) is 3.75. The summed E-state index contributed by atoms with van der Waals surface area (Å²) in [6.45, 7) is -0.234. The summed E-state index contributed by atoms with van der Waals surface area (Å²) in [5.41, 5.74) is 0.00892. The Morgan fingerprint density at radius 3 is 2.57 bits per heavy atom. The van der Waals surface area contributed by atoms with Gasteiger partial charge in [0.2, 0.25) is 0 Å². The van der Waals surface area contributed by atoms with Crippen molar-refractivity contribution in [1.29, 1.82) is 0 Å². The van der Waals surface area contributed by atoms with Crippen molar-refractivity contribution < 1.29 is 24.1 Å². The first-order valence-corrected chi connectivity index (χ1v) is 6.89. The third-order valence-corrected chi connectivity index (χ3v) is 3.59. The molecule has 0 unspecified atom stereocenters. The molecular weight excluding hydrogens is 303 g/mol. The molecule has 0 amide bonds. The van der Waals surface area contributed by atoms with Crippen LogP contribution in [0, 0.1) is 5.82 Å². The topological polar surface area (TPSA) is 90.9 Å². The molecule has 3 N–H and O–H groups in total. The molecular formula is C17H13FO5. The summed E-state index contributed by atoms with van der Waals surface area (Å²) in [4.78, 5) is 12.3. The lowest BCUT2D eigenvalue weighted by Gasteiger charge is -2.12. The van der Waals surface area contributed by atoms with Gasteiger partial charge in [-0.3, -0.25) is 0 Å². The van der Waals surface area contributed by atoms with Gasteiger partial charge in [0.15, 0.2) is 0 Å². The van der Waals surface area contributed by atoms with Crippen LogP contribution in [0.5, 0.6) is 11.5 Å². The molecule has 0 fully saturated rings. The zero-order chi connectivity index (χ0) is 16.6.